The van der Waals surface area contributed by atoms with E-state index in [1.165, 1.54) is 28.0 Å². The SMILES string of the molecule is Cc1cc(S(=O)(=O)CCCOc2ccc3c(c2)C(Cc2cccc(Cl)c2)C(N)CC3)c(C)s1. The third kappa shape index (κ3) is 5.80. The molecular formula is C26H30ClNO3S2. The highest BCUT2D eigenvalue weighted by molar-refractivity contribution is 7.91. The maximum Gasteiger partial charge on any atom is 0.179 e. The Labute approximate surface area is 205 Å². The van der Waals surface area contributed by atoms with Crippen molar-refractivity contribution >= 4 is 32.8 Å². The van der Waals surface area contributed by atoms with Gasteiger partial charge in [0.25, 0.3) is 0 Å². The molecule has 176 valence electrons. The van der Waals surface area contributed by atoms with Gasteiger partial charge in [0.05, 0.1) is 17.3 Å². The standard InChI is InChI=1S/C26H30ClNO3S2/c1-17-13-26(18(2)32-17)33(29,30)12-4-11-31-22-9-7-20-8-10-25(28)24(23(20)16-22)15-19-5-3-6-21(27)14-19/h3,5-7,9,13-14,16,24-25H,4,8,10-12,15,28H2,1-2H3. The molecule has 4 rings (SSSR count). The van der Waals surface area contributed by atoms with E-state index in [4.69, 9.17) is 22.1 Å². The zero-order chi connectivity index (χ0) is 23.6. The van der Waals surface area contributed by atoms with Crippen molar-refractivity contribution in [2.75, 3.05) is 12.4 Å². The van der Waals surface area contributed by atoms with Crippen molar-refractivity contribution in [1.82, 2.24) is 0 Å². The molecule has 0 amide bonds. The molecule has 1 aliphatic rings. The predicted octanol–water partition coefficient (Wildman–Crippen LogP) is 5.86. The lowest BCUT2D eigenvalue weighted by Crippen LogP contribution is -2.34. The zero-order valence-electron chi connectivity index (χ0n) is 19.0. The molecule has 3 aromatic rings. The minimum atomic E-state index is -3.29. The molecular weight excluding hydrogens is 474 g/mol. The van der Waals surface area contributed by atoms with Gasteiger partial charge in [-0.3, -0.25) is 0 Å². The second-order valence-electron chi connectivity index (χ2n) is 8.80. The van der Waals surface area contributed by atoms with Crippen LogP contribution in [0.3, 0.4) is 0 Å². The highest BCUT2D eigenvalue weighted by atomic mass is 35.5. The third-order valence-corrected chi connectivity index (χ3v) is 9.53. The van der Waals surface area contributed by atoms with E-state index in [1.54, 1.807) is 6.07 Å². The summed E-state index contributed by atoms with van der Waals surface area (Å²) in [5.74, 6) is 1.04. The lowest BCUT2D eigenvalue weighted by molar-refractivity contribution is 0.316. The van der Waals surface area contributed by atoms with Gasteiger partial charge < -0.3 is 10.5 Å². The molecule has 1 aliphatic carbocycles. The van der Waals surface area contributed by atoms with Gasteiger partial charge in [-0.25, -0.2) is 8.42 Å². The van der Waals surface area contributed by atoms with E-state index in [2.05, 4.69) is 18.2 Å². The fraction of sp³-hybridized carbons (Fsp3) is 0.385. The number of aryl methyl sites for hydroxylation is 3. The van der Waals surface area contributed by atoms with Crippen LogP contribution in [-0.2, 0) is 22.7 Å². The van der Waals surface area contributed by atoms with Crippen molar-refractivity contribution in [2.24, 2.45) is 5.73 Å². The van der Waals surface area contributed by atoms with Crippen LogP contribution in [-0.4, -0.2) is 26.8 Å². The van der Waals surface area contributed by atoms with Crippen molar-refractivity contribution in [3.8, 4) is 5.75 Å². The van der Waals surface area contributed by atoms with Gasteiger partial charge in [-0.05, 0) is 86.6 Å². The monoisotopic (exact) mass is 503 g/mol. The van der Waals surface area contributed by atoms with Crippen LogP contribution in [0.25, 0.3) is 0 Å². The van der Waals surface area contributed by atoms with Gasteiger partial charge >= 0.3 is 0 Å². The number of hydrogen-bond donors (Lipinski definition) is 1. The minimum absolute atomic E-state index is 0.0779. The maximum atomic E-state index is 12.7. The Bertz CT molecular complexity index is 1240. The smallest absolute Gasteiger partial charge is 0.179 e. The van der Waals surface area contributed by atoms with Gasteiger partial charge in [0.2, 0.25) is 0 Å². The van der Waals surface area contributed by atoms with Crippen LogP contribution in [0, 0.1) is 13.8 Å². The number of rotatable bonds is 8. The Morgan fingerprint density at radius 1 is 1.15 bits per heavy atom. The van der Waals surface area contributed by atoms with Gasteiger partial charge in [0, 0.05) is 26.7 Å². The van der Waals surface area contributed by atoms with Gasteiger partial charge in [-0.1, -0.05) is 29.8 Å². The van der Waals surface area contributed by atoms with E-state index in [0.717, 1.165) is 39.8 Å². The number of thiophene rings is 1. The molecule has 7 heteroatoms. The molecule has 2 unspecified atom stereocenters. The highest BCUT2D eigenvalue weighted by Gasteiger charge is 2.28. The first kappa shape index (κ1) is 24.3. The number of benzene rings is 2. The third-order valence-electron chi connectivity index (χ3n) is 6.28. The summed E-state index contributed by atoms with van der Waals surface area (Å²) in [5, 5.41) is 0.733. The Morgan fingerprint density at radius 2 is 1.97 bits per heavy atom. The van der Waals surface area contributed by atoms with E-state index in [-0.39, 0.29) is 17.7 Å². The molecule has 0 saturated carbocycles. The summed E-state index contributed by atoms with van der Waals surface area (Å²) in [6.45, 7) is 4.14. The summed E-state index contributed by atoms with van der Waals surface area (Å²) in [6.07, 6.45) is 3.19. The molecule has 0 aliphatic heterocycles. The van der Waals surface area contributed by atoms with E-state index in [9.17, 15) is 8.42 Å². The molecule has 4 nitrogen and oxygen atoms in total. The largest absolute Gasteiger partial charge is 0.494 e. The predicted molar refractivity (Wildman–Crippen MR) is 137 cm³/mol. The Balaban J connectivity index is 1.42. The molecule has 2 aromatic carbocycles. The van der Waals surface area contributed by atoms with Crippen LogP contribution in [0.2, 0.25) is 5.02 Å². The normalized spacial score (nSPS) is 18.2. The zero-order valence-corrected chi connectivity index (χ0v) is 21.4. The first-order valence-electron chi connectivity index (χ1n) is 11.3. The summed E-state index contributed by atoms with van der Waals surface area (Å²) in [7, 11) is -3.29. The van der Waals surface area contributed by atoms with E-state index in [0.29, 0.717) is 17.9 Å². The number of ether oxygens (including phenoxy) is 1. The van der Waals surface area contributed by atoms with Gasteiger partial charge in [-0.15, -0.1) is 11.3 Å². The topological polar surface area (TPSA) is 69.4 Å². The molecule has 1 aromatic heterocycles. The van der Waals surface area contributed by atoms with Crippen molar-refractivity contribution in [3.05, 3.63) is 80.0 Å². The molecule has 0 radical (unpaired) electrons. The Hall–Kier alpha value is -1.86. The van der Waals surface area contributed by atoms with Gasteiger partial charge in [0.15, 0.2) is 9.84 Å². The first-order valence-corrected chi connectivity index (χ1v) is 14.1. The van der Waals surface area contributed by atoms with Crippen LogP contribution in [0.4, 0.5) is 0 Å². The average Bonchev–Trinajstić information content (AvgIpc) is 3.12. The quantitative estimate of drug-likeness (QED) is 0.391. The van der Waals surface area contributed by atoms with Crippen molar-refractivity contribution in [3.63, 3.8) is 0 Å². The van der Waals surface area contributed by atoms with Crippen LogP contribution in [0.1, 0.15) is 45.2 Å². The number of hydrogen-bond acceptors (Lipinski definition) is 5. The van der Waals surface area contributed by atoms with Crippen molar-refractivity contribution < 1.29 is 13.2 Å². The highest BCUT2D eigenvalue weighted by Crippen LogP contribution is 2.36. The molecule has 2 atom stereocenters. The fourth-order valence-corrected chi connectivity index (χ4v) is 7.76. The van der Waals surface area contributed by atoms with Crippen LogP contribution < -0.4 is 10.5 Å². The molecule has 33 heavy (non-hydrogen) atoms. The Kier molecular flexibility index (Phi) is 7.49. The second kappa shape index (κ2) is 10.2. The fourth-order valence-electron chi connectivity index (χ4n) is 4.63. The van der Waals surface area contributed by atoms with Crippen LogP contribution >= 0.6 is 22.9 Å². The van der Waals surface area contributed by atoms with E-state index in [1.807, 2.05) is 38.1 Å². The number of nitrogens with two attached hydrogens (primary N) is 1. The van der Waals surface area contributed by atoms with Crippen LogP contribution in [0.15, 0.2) is 53.4 Å². The second-order valence-corrected chi connectivity index (χ2v) is 12.8. The molecule has 0 saturated heterocycles. The maximum absolute atomic E-state index is 12.7. The number of fused-ring (bicyclic) bond motifs is 1. The molecule has 2 N–H and O–H groups in total. The summed E-state index contributed by atoms with van der Waals surface area (Å²) in [4.78, 5) is 2.32. The first-order chi connectivity index (χ1) is 15.7. The summed E-state index contributed by atoms with van der Waals surface area (Å²) in [6, 6.07) is 16.0. The molecule has 1 heterocycles. The van der Waals surface area contributed by atoms with E-state index >= 15 is 0 Å². The molecule has 0 bridgehead atoms. The summed E-state index contributed by atoms with van der Waals surface area (Å²) >= 11 is 7.70. The lowest BCUT2D eigenvalue weighted by Gasteiger charge is -2.32. The average molecular weight is 504 g/mol. The molecule has 0 fully saturated rings. The van der Waals surface area contributed by atoms with E-state index < -0.39 is 9.84 Å². The molecule has 0 spiro atoms. The van der Waals surface area contributed by atoms with Crippen molar-refractivity contribution in [1.29, 1.82) is 0 Å². The lowest BCUT2D eigenvalue weighted by atomic mass is 9.76. The number of halogens is 1. The minimum Gasteiger partial charge on any atom is -0.494 e. The van der Waals surface area contributed by atoms with Crippen LogP contribution in [0.5, 0.6) is 5.75 Å². The Morgan fingerprint density at radius 3 is 2.70 bits per heavy atom. The summed E-state index contributed by atoms with van der Waals surface area (Å²) < 4.78 is 31.3. The summed E-state index contributed by atoms with van der Waals surface area (Å²) in [5.41, 5.74) is 10.2. The number of sulfone groups is 1. The van der Waals surface area contributed by atoms with Gasteiger partial charge in [0.1, 0.15) is 5.75 Å². The van der Waals surface area contributed by atoms with Crippen molar-refractivity contribution in [2.45, 2.75) is 56.4 Å². The van der Waals surface area contributed by atoms with Gasteiger partial charge in [-0.2, -0.15) is 0 Å².